The van der Waals surface area contributed by atoms with Crippen molar-refractivity contribution in [1.29, 1.82) is 0 Å². The molecule has 6 rings (SSSR count). The Bertz CT molecular complexity index is 1450. The highest BCUT2D eigenvalue weighted by atomic mass is 19.4. The van der Waals surface area contributed by atoms with Crippen LogP contribution in [0.15, 0.2) is 42.7 Å². The van der Waals surface area contributed by atoms with E-state index in [2.05, 4.69) is 10.2 Å². The van der Waals surface area contributed by atoms with Crippen LogP contribution in [0.5, 0.6) is 0 Å². The number of likely N-dealkylation sites (tertiary alicyclic amines) is 1. The smallest absolute Gasteiger partial charge is 0.379 e. The minimum Gasteiger partial charge on any atom is -0.379 e. The lowest BCUT2D eigenvalue weighted by atomic mass is 9.75. The van der Waals surface area contributed by atoms with Crippen LogP contribution in [0.1, 0.15) is 51.3 Å². The van der Waals surface area contributed by atoms with Crippen molar-refractivity contribution in [1.82, 2.24) is 19.7 Å². The van der Waals surface area contributed by atoms with Crippen molar-refractivity contribution in [3.8, 4) is 0 Å². The fourth-order valence-corrected chi connectivity index (χ4v) is 5.95. The second-order valence-corrected chi connectivity index (χ2v) is 11.1. The molecule has 2 saturated heterocycles. The summed E-state index contributed by atoms with van der Waals surface area (Å²) >= 11 is 0. The van der Waals surface area contributed by atoms with Crippen molar-refractivity contribution in [3.63, 3.8) is 0 Å². The van der Waals surface area contributed by atoms with E-state index in [-0.39, 0.29) is 42.6 Å². The Morgan fingerprint density at radius 1 is 1.12 bits per heavy atom. The van der Waals surface area contributed by atoms with Gasteiger partial charge in [-0.05, 0) is 53.9 Å². The van der Waals surface area contributed by atoms with Gasteiger partial charge in [0.2, 0.25) is 0 Å². The first-order valence-electron chi connectivity index (χ1n) is 13.1. The zero-order chi connectivity index (χ0) is 28.3. The van der Waals surface area contributed by atoms with Crippen LogP contribution in [-0.2, 0) is 42.9 Å². The van der Waals surface area contributed by atoms with Gasteiger partial charge < -0.3 is 14.2 Å². The molecule has 3 aromatic rings. The van der Waals surface area contributed by atoms with Gasteiger partial charge in [-0.2, -0.15) is 13.2 Å². The average Bonchev–Trinajstić information content (AvgIpc) is 3.42. The summed E-state index contributed by atoms with van der Waals surface area (Å²) < 4.78 is 77.7. The SMILES string of the molecule is Cn1cnnc1CC1(c2cccc(N3Cc4c(cc(CN5CCCC(F)(F)C5)cc4C(F)(F)F)C3=O)c2)COC1. The summed E-state index contributed by atoms with van der Waals surface area (Å²) in [5, 5.41) is 8.12. The fourth-order valence-electron chi connectivity index (χ4n) is 5.95. The van der Waals surface area contributed by atoms with E-state index in [1.54, 1.807) is 18.5 Å². The highest BCUT2D eigenvalue weighted by Crippen LogP contribution is 2.42. The van der Waals surface area contributed by atoms with E-state index >= 15 is 0 Å². The molecule has 40 heavy (non-hydrogen) atoms. The molecule has 3 aliphatic rings. The predicted octanol–water partition coefficient (Wildman–Crippen LogP) is 4.74. The van der Waals surface area contributed by atoms with Crippen molar-refractivity contribution >= 4 is 11.6 Å². The maximum atomic E-state index is 14.2. The van der Waals surface area contributed by atoms with Crippen LogP contribution >= 0.6 is 0 Å². The number of halogens is 5. The maximum absolute atomic E-state index is 14.2. The Labute approximate surface area is 227 Å². The molecule has 0 radical (unpaired) electrons. The molecule has 0 saturated carbocycles. The van der Waals surface area contributed by atoms with Gasteiger partial charge in [0.1, 0.15) is 12.2 Å². The third kappa shape index (κ3) is 4.87. The first-order chi connectivity index (χ1) is 18.9. The fraction of sp³-hybridized carbons (Fsp3) is 0.464. The largest absolute Gasteiger partial charge is 0.416 e. The number of hydrogen-bond acceptors (Lipinski definition) is 5. The summed E-state index contributed by atoms with van der Waals surface area (Å²) in [6.45, 7) is 0.405. The number of aromatic nitrogens is 3. The molecule has 7 nitrogen and oxygen atoms in total. The molecular formula is C28H28F5N5O2. The summed E-state index contributed by atoms with van der Waals surface area (Å²) in [5.41, 5.74) is 0.131. The molecule has 0 aliphatic carbocycles. The zero-order valence-electron chi connectivity index (χ0n) is 21.8. The standard InChI is InChI=1S/C28H28F5N5O2/c1-36-17-34-35-24(36)11-26(15-40-16-26)19-4-2-5-20(10-19)38-13-22-21(25(38)39)8-18(9-23(22)28(31,32)33)12-37-7-3-6-27(29,30)14-37/h2,4-5,8-10,17H,3,6-7,11-16H2,1H3. The van der Waals surface area contributed by atoms with Gasteiger partial charge in [-0.25, -0.2) is 8.78 Å². The van der Waals surface area contributed by atoms with E-state index < -0.39 is 35.5 Å². The van der Waals surface area contributed by atoms with Gasteiger partial charge in [0.25, 0.3) is 11.8 Å². The van der Waals surface area contributed by atoms with Gasteiger partial charge in [0, 0.05) is 43.1 Å². The van der Waals surface area contributed by atoms with Gasteiger partial charge in [0.05, 0.1) is 31.9 Å². The van der Waals surface area contributed by atoms with Crippen LogP contribution in [0.25, 0.3) is 0 Å². The number of rotatable bonds is 6. The van der Waals surface area contributed by atoms with Crippen LogP contribution in [-0.4, -0.2) is 57.8 Å². The van der Waals surface area contributed by atoms with Crippen LogP contribution in [0.2, 0.25) is 0 Å². The highest BCUT2D eigenvalue weighted by molar-refractivity contribution is 6.10. The molecule has 1 aromatic heterocycles. The Morgan fingerprint density at radius 2 is 1.93 bits per heavy atom. The van der Waals surface area contributed by atoms with E-state index in [9.17, 15) is 26.7 Å². The number of fused-ring (bicyclic) bond motifs is 1. The van der Waals surface area contributed by atoms with E-state index in [1.807, 2.05) is 23.7 Å². The second kappa shape index (κ2) is 9.62. The number of nitrogens with zero attached hydrogens (tertiary/aromatic N) is 5. The minimum atomic E-state index is -4.70. The third-order valence-corrected chi connectivity index (χ3v) is 8.11. The number of carbonyl (C=O) groups is 1. The Kier molecular flexibility index (Phi) is 6.45. The molecular weight excluding hydrogens is 533 g/mol. The quantitative estimate of drug-likeness (QED) is 0.407. The van der Waals surface area contributed by atoms with Crippen LogP contribution in [0, 0.1) is 0 Å². The molecule has 0 N–H and O–H groups in total. The molecule has 3 aliphatic heterocycles. The van der Waals surface area contributed by atoms with E-state index in [4.69, 9.17) is 4.74 Å². The van der Waals surface area contributed by atoms with Gasteiger partial charge in [-0.15, -0.1) is 10.2 Å². The maximum Gasteiger partial charge on any atom is 0.416 e. The zero-order valence-corrected chi connectivity index (χ0v) is 21.8. The number of alkyl halides is 5. The van der Waals surface area contributed by atoms with Gasteiger partial charge in [0.15, 0.2) is 0 Å². The van der Waals surface area contributed by atoms with Crippen molar-refractivity contribution in [2.75, 3.05) is 31.2 Å². The summed E-state index contributed by atoms with van der Waals surface area (Å²) in [4.78, 5) is 16.3. The Morgan fingerprint density at radius 3 is 2.58 bits per heavy atom. The molecule has 0 bridgehead atoms. The van der Waals surface area contributed by atoms with Crippen LogP contribution in [0.4, 0.5) is 27.6 Å². The molecule has 0 spiro atoms. The van der Waals surface area contributed by atoms with Crippen molar-refractivity contribution in [2.24, 2.45) is 7.05 Å². The number of benzene rings is 2. The normalized spacial score (nSPS) is 20.4. The number of carbonyl (C=O) groups excluding carboxylic acids is 1. The van der Waals surface area contributed by atoms with Crippen molar-refractivity contribution < 1.29 is 31.5 Å². The number of anilines is 1. The minimum absolute atomic E-state index is 0.0419. The Hall–Kier alpha value is -3.38. The van der Waals surface area contributed by atoms with Crippen molar-refractivity contribution in [2.45, 2.75) is 49.9 Å². The lowest BCUT2D eigenvalue weighted by molar-refractivity contribution is -0.138. The molecule has 4 heterocycles. The van der Waals surface area contributed by atoms with E-state index in [0.717, 1.165) is 17.5 Å². The van der Waals surface area contributed by atoms with E-state index in [1.165, 1.54) is 15.9 Å². The molecule has 0 atom stereocenters. The van der Waals surface area contributed by atoms with Gasteiger partial charge in [-0.3, -0.25) is 9.69 Å². The lowest BCUT2D eigenvalue weighted by Gasteiger charge is -2.42. The molecule has 12 heteroatoms. The van der Waals surface area contributed by atoms with Gasteiger partial charge in [-0.1, -0.05) is 12.1 Å². The molecule has 2 aromatic carbocycles. The second-order valence-electron chi connectivity index (χ2n) is 11.1. The van der Waals surface area contributed by atoms with E-state index in [0.29, 0.717) is 31.9 Å². The summed E-state index contributed by atoms with van der Waals surface area (Å²) in [6.07, 6.45) is -2.51. The average molecular weight is 562 g/mol. The first kappa shape index (κ1) is 26.8. The predicted molar refractivity (Wildman–Crippen MR) is 135 cm³/mol. The number of ether oxygens (including phenoxy) is 1. The monoisotopic (exact) mass is 561 g/mol. The number of aryl methyl sites for hydroxylation is 1. The topological polar surface area (TPSA) is 63.5 Å². The van der Waals surface area contributed by atoms with Crippen LogP contribution in [0.3, 0.4) is 0 Å². The van der Waals surface area contributed by atoms with Gasteiger partial charge >= 0.3 is 6.18 Å². The lowest BCUT2D eigenvalue weighted by Crippen LogP contribution is -2.49. The van der Waals surface area contributed by atoms with Crippen LogP contribution < -0.4 is 4.90 Å². The molecule has 1 amide bonds. The molecule has 212 valence electrons. The summed E-state index contributed by atoms with van der Waals surface area (Å²) in [5.74, 6) is -2.65. The first-order valence-corrected chi connectivity index (χ1v) is 13.1. The molecule has 0 unspecified atom stereocenters. The molecule has 2 fully saturated rings. The third-order valence-electron chi connectivity index (χ3n) is 8.11. The number of amides is 1. The Balaban J connectivity index is 1.31. The number of hydrogen-bond donors (Lipinski definition) is 0. The highest BCUT2D eigenvalue weighted by Gasteiger charge is 2.44. The van der Waals surface area contributed by atoms with Crippen molar-refractivity contribution in [3.05, 3.63) is 76.4 Å². The summed E-state index contributed by atoms with van der Waals surface area (Å²) in [7, 11) is 1.85. The number of piperidine rings is 1. The summed E-state index contributed by atoms with van der Waals surface area (Å²) in [6, 6.07) is 9.66.